The highest BCUT2D eigenvalue weighted by Crippen LogP contribution is 2.27. The number of nitrogens with one attached hydrogen (secondary N) is 1. The first-order valence-electron chi connectivity index (χ1n) is 8.27. The minimum atomic E-state index is -0.582. The molecule has 0 saturated heterocycles. The van der Waals surface area contributed by atoms with Crippen molar-refractivity contribution in [1.29, 1.82) is 0 Å². The van der Waals surface area contributed by atoms with Gasteiger partial charge in [0.05, 0.1) is 5.60 Å². The fraction of sp³-hybridized carbons (Fsp3) is 0.611. The number of amides is 1. The zero-order valence-electron chi connectivity index (χ0n) is 13.7. The summed E-state index contributed by atoms with van der Waals surface area (Å²) < 4.78 is 0. The second-order valence-electron chi connectivity index (χ2n) is 6.56. The summed E-state index contributed by atoms with van der Waals surface area (Å²) >= 11 is 0. The van der Waals surface area contributed by atoms with E-state index in [0.29, 0.717) is 13.0 Å². The van der Waals surface area contributed by atoms with Crippen LogP contribution < -0.4 is 10.2 Å². The maximum Gasteiger partial charge on any atom is 0.228 e. The molecule has 1 aromatic carbocycles. The van der Waals surface area contributed by atoms with Crippen LogP contribution in [-0.4, -0.2) is 36.2 Å². The van der Waals surface area contributed by atoms with Crippen molar-refractivity contribution in [2.45, 2.75) is 57.1 Å². The SMILES string of the molecule is CC(CC(=O)N(C)c1ccccc1)NCC1(O)CCCCC1. The molecular formula is C18H28N2O2. The maximum absolute atomic E-state index is 12.3. The van der Waals surface area contributed by atoms with Gasteiger partial charge in [-0.2, -0.15) is 0 Å². The van der Waals surface area contributed by atoms with Gasteiger partial charge in [-0.3, -0.25) is 4.79 Å². The third kappa shape index (κ3) is 4.82. The number of carbonyl (C=O) groups excluding carboxylic acids is 1. The minimum absolute atomic E-state index is 0.0598. The summed E-state index contributed by atoms with van der Waals surface area (Å²) in [7, 11) is 1.80. The molecule has 1 aromatic rings. The number of aliphatic hydroxyl groups is 1. The third-order valence-corrected chi connectivity index (χ3v) is 4.56. The van der Waals surface area contributed by atoms with Gasteiger partial charge in [0.15, 0.2) is 0 Å². The van der Waals surface area contributed by atoms with E-state index in [1.165, 1.54) is 6.42 Å². The van der Waals surface area contributed by atoms with E-state index in [9.17, 15) is 9.90 Å². The zero-order chi connectivity index (χ0) is 16.0. The van der Waals surface area contributed by atoms with Gasteiger partial charge < -0.3 is 15.3 Å². The van der Waals surface area contributed by atoms with Crippen LogP contribution in [0.25, 0.3) is 0 Å². The summed E-state index contributed by atoms with van der Waals surface area (Å²) in [5.74, 6) is 0.0850. The smallest absolute Gasteiger partial charge is 0.228 e. The second kappa shape index (κ2) is 7.75. The Morgan fingerprint density at radius 2 is 1.91 bits per heavy atom. The summed E-state index contributed by atoms with van der Waals surface area (Å²) in [6.07, 6.45) is 5.58. The van der Waals surface area contributed by atoms with Gasteiger partial charge in [0.25, 0.3) is 0 Å². The number of nitrogens with zero attached hydrogens (tertiary/aromatic N) is 1. The van der Waals surface area contributed by atoms with Gasteiger partial charge in [-0.1, -0.05) is 37.5 Å². The lowest BCUT2D eigenvalue weighted by atomic mass is 9.85. The van der Waals surface area contributed by atoms with Crippen LogP contribution in [0.4, 0.5) is 5.69 Å². The third-order valence-electron chi connectivity index (χ3n) is 4.56. The highest BCUT2D eigenvalue weighted by molar-refractivity contribution is 5.93. The topological polar surface area (TPSA) is 52.6 Å². The van der Waals surface area contributed by atoms with Crippen LogP contribution in [0.3, 0.4) is 0 Å². The Morgan fingerprint density at radius 3 is 2.55 bits per heavy atom. The zero-order valence-corrected chi connectivity index (χ0v) is 13.7. The number of anilines is 1. The van der Waals surface area contributed by atoms with Crippen molar-refractivity contribution in [1.82, 2.24) is 5.32 Å². The van der Waals surface area contributed by atoms with E-state index < -0.39 is 5.60 Å². The van der Waals surface area contributed by atoms with Gasteiger partial charge in [-0.25, -0.2) is 0 Å². The van der Waals surface area contributed by atoms with E-state index in [-0.39, 0.29) is 11.9 Å². The lowest BCUT2D eigenvalue weighted by molar-refractivity contribution is -0.118. The molecule has 0 aliphatic heterocycles. The van der Waals surface area contributed by atoms with Crippen molar-refractivity contribution < 1.29 is 9.90 Å². The van der Waals surface area contributed by atoms with Gasteiger partial charge in [0.2, 0.25) is 5.91 Å². The molecule has 1 fully saturated rings. The maximum atomic E-state index is 12.3. The van der Waals surface area contributed by atoms with Crippen LogP contribution in [0.15, 0.2) is 30.3 Å². The second-order valence-corrected chi connectivity index (χ2v) is 6.56. The van der Waals surface area contributed by atoms with E-state index in [1.54, 1.807) is 11.9 Å². The first-order chi connectivity index (χ1) is 10.5. The number of para-hydroxylation sites is 1. The van der Waals surface area contributed by atoms with Crippen LogP contribution in [0, 0.1) is 0 Å². The number of benzene rings is 1. The molecule has 0 radical (unpaired) electrons. The fourth-order valence-electron chi connectivity index (χ4n) is 3.02. The summed E-state index contributed by atoms with van der Waals surface area (Å²) in [5.41, 5.74) is 0.326. The van der Waals surface area contributed by atoms with Crippen molar-refractivity contribution >= 4 is 11.6 Å². The molecule has 0 bridgehead atoms. The lowest BCUT2D eigenvalue weighted by Crippen LogP contribution is -2.46. The highest BCUT2D eigenvalue weighted by atomic mass is 16.3. The van der Waals surface area contributed by atoms with Gasteiger partial charge in [0.1, 0.15) is 0 Å². The van der Waals surface area contributed by atoms with Crippen LogP contribution in [-0.2, 0) is 4.79 Å². The van der Waals surface area contributed by atoms with Crippen molar-refractivity contribution in [3.63, 3.8) is 0 Å². The summed E-state index contributed by atoms with van der Waals surface area (Å²) in [5, 5.41) is 13.8. The molecule has 2 N–H and O–H groups in total. The molecule has 122 valence electrons. The predicted molar refractivity (Wildman–Crippen MR) is 90.0 cm³/mol. The lowest BCUT2D eigenvalue weighted by Gasteiger charge is -2.33. The minimum Gasteiger partial charge on any atom is -0.389 e. The molecule has 0 spiro atoms. The monoisotopic (exact) mass is 304 g/mol. The Hall–Kier alpha value is -1.39. The molecule has 4 nitrogen and oxygen atoms in total. The molecule has 22 heavy (non-hydrogen) atoms. The molecule has 0 heterocycles. The number of hydrogen-bond acceptors (Lipinski definition) is 3. The van der Waals surface area contributed by atoms with E-state index >= 15 is 0 Å². The predicted octanol–water partition coefficient (Wildman–Crippen LogP) is 2.71. The Balaban J connectivity index is 1.78. The number of carbonyl (C=O) groups is 1. The standard InChI is InChI=1S/C18H28N2O2/c1-15(19-14-18(22)11-7-4-8-12-18)13-17(21)20(2)16-9-5-3-6-10-16/h3,5-6,9-10,15,19,22H,4,7-8,11-14H2,1-2H3. The summed E-state index contributed by atoms with van der Waals surface area (Å²) in [6.45, 7) is 2.58. The molecule has 2 rings (SSSR count). The van der Waals surface area contributed by atoms with Crippen LogP contribution in [0.1, 0.15) is 45.4 Å². The Morgan fingerprint density at radius 1 is 1.27 bits per heavy atom. The quantitative estimate of drug-likeness (QED) is 0.849. The van der Waals surface area contributed by atoms with Gasteiger partial charge in [0, 0.05) is 31.7 Å². The van der Waals surface area contributed by atoms with Gasteiger partial charge in [-0.15, -0.1) is 0 Å². The van der Waals surface area contributed by atoms with E-state index in [1.807, 2.05) is 37.3 Å². The average molecular weight is 304 g/mol. The molecule has 1 atom stereocenters. The molecule has 0 aromatic heterocycles. The van der Waals surface area contributed by atoms with Crippen LogP contribution >= 0.6 is 0 Å². The van der Waals surface area contributed by atoms with Crippen LogP contribution in [0.2, 0.25) is 0 Å². The number of hydrogen-bond donors (Lipinski definition) is 2. The van der Waals surface area contributed by atoms with Crippen LogP contribution in [0.5, 0.6) is 0 Å². The molecule has 1 saturated carbocycles. The molecule has 4 heteroatoms. The summed E-state index contributed by atoms with van der Waals surface area (Å²) in [6, 6.07) is 9.72. The molecular weight excluding hydrogens is 276 g/mol. The Kier molecular flexibility index (Phi) is 5.98. The van der Waals surface area contributed by atoms with Crippen molar-refractivity contribution in [2.75, 3.05) is 18.5 Å². The van der Waals surface area contributed by atoms with Crippen molar-refractivity contribution in [2.24, 2.45) is 0 Å². The number of rotatable bonds is 6. The average Bonchev–Trinajstić information content (AvgIpc) is 2.54. The molecule has 1 aliphatic carbocycles. The molecule has 1 amide bonds. The van der Waals surface area contributed by atoms with Gasteiger partial charge in [-0.05, 0) is 31.9 Å². The Labute approximate surface area is 133 Å². The van der Waals surface area contributed by atoms with Crippen molar-refractivity contribution in [3.05, 3.63) is 30.3 Å². The fourth-order valence-corrected chi connectivity index (χ4v) is 3.02. The summed E-state index contributed by atoms with van der Waals surface area (Å²) in [4.78, 5) is 14.0. The first-order valence-corrected chi connectivity index (χ1v) is 8.27. The molecule has 1 unspecified atom stereocenters. The van der Waals surface area contributed by atoms with E-state index in [4.69, 9.17) is 0 Å². The van der Waals surface area contributed by atoms with Gasteiger partial charge >= 0.3 is 0 Å². The largest absolute Gasteiger partial charge is 0.389 e. The normalized spacial score (nSPS) is 18.7. The van der Waals surface area contributed by atoms with E-state index in [0.717, 1.165) is 31.4 Å². The molecule has 1 aliphatic rings. The highest BCUT2D eigenvalue weighted by Gasteiger charge is 2.29. The first kappa shape index (κ1) is 17.0. The van der Waals surface area contributed by atoms with E-state index in [2.05, 4.69) is 5.32 Å². The van der Waals surface area contributed by atoms with Crippen molar-refractivity contribution in [3.8, 4) is 0 Å². The Bertz CT molecular complexity index is 469.